The van der Waals surface area contributed by atoms with Crippen molar-refractivity contribution in [3.8, 4) is 0 Å². The zero-order valence-electron chi connectivity index (χ0n) is 5.61. The third kappa shape index (κ3) is 4.02. The fraction of sp³-hybridized carbons (Fsp3) is 1.00. The van der Waals surface area contributed by atoms with Gasteiger partial charge in [0.1, 0.15) is 0 Å². The Morgan fingerprint density at radius 3 is 1.88 bits per heavy atom. The van der Waals surface area contributed by atoms with E-state index in [1.165, 1.54) is 0 Å². The Balaban J connectivity index is 0. The van der Waals surface area contributed by atoms with Gasteiger partial charge in [0.05, 0.1) is 14.1 Å². The summed E-state index contributed by atoms with van der Waals surface area (Å²) in [5.41, 5.74) is 0. The first kappa shape index (κ1) is 10.8. The van der Waals surface area contributed by atoms with E-state index in [-0.39, 0.29) is 10.9 Å². The van der Waals surface area contributed by atoms with Crippen molar-refractivity contribution < 1.29 is 14.7 Å². The van der Waals surface area contributed by atoms with Crippen LogP contribution >= 0.6 is 0 Å². The third-order valence-corrected chi connectivity index (χ3v) is 1.05. The second-order valence-electron chi connectivity index (χ2n) is 2.00. The molecule has 0 saturated carbocycles. The maximum absolute atomic E-state index is 8.90. The fourth-order valence-electron chi connectivity index (χ4n) is 0.408. The van der Waals surface area contributed by atoms with Crippen LogP contribution in [0.25, 0.3) is 0 Å². The zero-order valence-corrected chi connectivity index (χ0v) is 5.61. The Morgan fingerprint density at radius 1 is 1.50 bits per heavy atom. The van der Waals surface area contributed by atoms with Crippen LogP contribution in [0.3, 0.4) is 0 Å². The van der Waals surface area contributed by atoms with E-state index in [9.17, 15) is 0 Å². The minimum absolute atomic E-state index is 0. The van der Waals surface area contributed by atoms with Crippen molar-refractivity contribution in [2.24, 2.45) is 0 Å². The van der Waals surface area contributed by atoms with Gasteiger partial charge in [-0.25, -0.2) is 0 Å². The summed E-state index contributed by atoms with van der Waals surface area (Å²) in [6.45, 7) is 1.97. The Hall–Kier alpha value is -0.150. The monoisotopic (exact) mass is 123 g/mol. The van der Waals surface area contributed by atoms with Gasteiger partial charge in [0.25, 0.3) is 0 Å². The summed E-state index contributed by atoms with van der Waals surface area (Å²) in [6, 6.07) is 0. The average molecular weight is 123 g/mol. The highest BCUT2D eigenvalue weighted by Crippen LogP contribution is 1.73. The number of rotatable bonds is 2. The molecule has 0 aliphatic heterocycles. The van der Waals surface area contributed by atoms with Crippen molar-refractivity contribution in [3.05, 3.63) is 0 Å². The average Bonchev–Trinajstić information content (AvgIpc) is 1.65. The van der Waals surface area contributed by atoms with E-state index in [2.05, 4.69) is 0 Å². The molecule has 0 radical (unpaired) electrons. The summed E-state index contributed by atoms with van der Waals surface area (Å²) < 4.78 is 0. The van der Waals surface area contributed by atoms with Gasteiger partial charge in [-0.15, -0.1) is 0 Å². The summed E-state index contributed by atoms with van der Waals surface area (Å²) in [7, 11) is 3.88. The van der Waals surface area contributed by atoms with Crippen LogP contribution in [-0.2, 0) is 0 Å². The van der Waals surface area contributed by atoms with Crippen LogP contribution in [0.15, 0.2) is 0 Å². The van der Waals surface area contributed by atoms with E-state index in [4.69, 9.17) is 5.11 Å². The highest BCUT2D eigenvalue weighted by atomic mass is 19.0. The molecular formula is C5H14FNO. The Kier molecular flexibility index (Phi) is 6.72. The number of aliphatic hydroxyl groups is 1. The third-order valence-electron chi connectivity index (χ3n) is 1.05. The van der Waals surface area contributed by atoms with Gasteiger partial charge in [0.2, 0.25) is 0 Å². The number of halogens is 1. The Labute approximate surface area is 49.5 Å². The molecular weight excluding hydrogens is 109 g/mol. The molecule has 0 amide bonds. The maximum atomic E-state index is 8.90. The molecule has 2 nitrogen and oxygen atoms in total. The lowest BCUT2D eigenvalue weighted by molar-refractivity contribution is -0.910. The molecule has 52 valence electrons. The van der Waals surface area contributed by atoms with Crippen molar-refractivity contribution in [1.82, 2.24) is 0 Å². The second-order valence-corrected chi connectivity index (χ2v) is 2.00. The highest BCUT2D eigenvalue weighted by molar-refractivity contribution is 4.24. The van der Waals surface area contributed by atoms with Crippen LogP contribution in [0.2, 0.25) is 0 Å². The molecule has 0 spiro atoms. The molecule has 0 aliphatic carbocycles. The van der Waals surface area contributed by atoms with Gasteiger partial charge < -0.3 is 14.7 Å². The molecule has 0 aromatic rings. The van der Waals surface area contributed by atoms with Crippen molar-refractivity contribution in [2.45, 2.75) is 19.6 Å². The fourth-order valence-corrected chi connectivity index (χ4v) is 0.408. The largest absolute Gasteiger partial charge is 1.00 e. The maximum Gasteiger partial charge on any atom is 0.188 e. The zero-order chi connectivity index (χ0) is 5.86. The minimum Gasteiger partial charge on any atom is -1.00 e. The molecule has 8 heavy (non-hydrogen) atoms. The van der Waals surface area contributed by atoms with Gasteiger partial charge in [-0.05, 0) is 0 Å². The molecule has 0 fully saturated rings. The van der Waals surface area contributed by atoms with Gasteiger partial charge in [-0.1, -0.05) is 6.92 Å². The minimum atomic E-state index is -0.181. The second kappa shape index (κ2) is 5.00. The number of hydrogen-bond donors (Lipinski definition) is 2. The topological polar surface area (TPSA) is 24.7 Å². The van der Waals surface area contributed by atoms with Crippen LogP contribution in [0, 0.1) is 0 Å². The molecule has 0 saturated heterocycles. The number of aliphatic hydroxyl groups excluding tert-OH is 1. The first-order valence-corrected chi connectivity index (χ1v) is 2.66. The highest BCUT2D eigenvalue weighted by Gasteiger charge is 2.03. The Bertz CT molecular complexity index is 49.7. The standard InChI is InChI=1S/C5H13NO.FH/c1-4-5(7)6(2)3;/h5,7H,4H2,1-3H3;1H. The van der Waals surface area contributed by atoms with Gasteiger partial charge in [0.15, 0.2) is 6.23 Å². The van der Waals surface area contributed by atoms with Crippen molar-refractivity contribution >= 4 is 0 Å². The molecule has 3 heteroatoms. The summed E-state index contributed by atoms with van der Waals surface area (Å²) >= 11 is 0. The van der Waals surface area contributed by atoms with E-state index in [1.54, 1.807) is 0 Å². The van der Waals surface area contributed by atoms with E-state index in [1.807, 2.05) is 21.0 Å². The van der Waals surface area contributed by atoms with Gasteiger partial charge in [-0.2, -0.15) is 0 Å². The summed E-state index contributed by atoms with van der Waals surface area (Å²) in [5, 5.41) is 8.90. The van der Waals surface area contributed by atoms with E-state index < -0.39 is 0 Å². The lowest BCUT2D eigenvalue weighted by Gasteiger charge is -2.11. The van der Waals surface area contributed by atoms with Crippen LogP contribution < -0.4 is 9.60 Å². The molecule has 1 atom stereocenters. The van der Waals surface area contributed by atoms with Crippen LogP contribution in [0.1, 0.15) is 13.3 Å². The van der Waals surface area contributed by atoms with Crippen LogP contribution in [0.5, 0.6) is 0 Å². The SMILES string of the molecule is CCC(O)[NH+](C)C.[F-]. The van der Waals surface area contributed by atoms with Gasteiger partial charge >= 0.3 is 0 Å². The molecule has 0 aliphatic rings. The summed E-state index contributed by atoms with van der Waals surface area (Å²) in [5.74, 6) is 0. The lowest BCUT2D eigenvalue weighted by Crippen LogP contribution is -3.10. The number of nitrogens with one attached hydrogen (secondary N) is 1. The first-order chi connectivity index (χ1) is 3.18. The smallest absolute Gasteiger partial charge is 0.188 e. The molecule has 2 N–H and O–H groups in total. The van der Waals surface area contributed by atoms with Crippen molar-refractivity contribution in [2.75, 3.05) is 14.1 Å². The van der Waals surface area contributed by atoms with Gasteiger partial charge in [0, 0.05) is 6.42 Å². The summed E-state index contributed by atoms with van der Waals surface area (Å²) in [6.07, 6.45) is 0.655. The molecule has 0 aromatic carbocycles. The lowest BCUT2D eigenvalue weighted by atomic mass is 10.4. The van der Waals surface area contributed by atoms with E-state index in [0.717, 1.165) is 11.3 Å². The molecule has 0 bridgehead atoms. The Morgan fingerprint density at radius 2 is 1.88 bits per heavy atom. The summed E-state index contributed by atoms with van der Waals surface area (Å²) in [4.78, 5) is 1.10. The van der Waals surface area contributed by atoms with E-state index in [0.29, 0.717) is 0 Å². The predicted molar refractivity (Wildman–Crippen MR) is 29.1 cm³/mol. The van der Waals surface area contributed by atoms with Crippen molar-refractivity contribution in [3.63, 3.8) is 0 Å². The van der Waals surface area contributed by atoms with E-state index >= 15 is 0 Å². The molecule has 1 unspecified atom stereocenters. The molecule has 0 heterocycles. The quantitative estimate of drug-likeness (QED) is 0.358. The number of quaternary nitrogens is 1. The van der Waals surface area contributed by atoms with Crippen molar-refractivity contribution in [1.29, 1.82) is 0 Å². The predicted octanol–water partition coefficient (Wildman–Crippen LogP) is -4.14. The number of hydrogen-bond acceptors (Lipinski definition) is 1. The van der Waals surface area contributed by atoms with Crippen LogP contribution in [-0.4, -0.2) is 25.4 Å². The van der Waals surface area contributed by atoms with Crippen LogP contribution in [0.4, 0.5) is 0 Å². The molecule has 0 aromatic heterocycles. The molecule has 0 rings (SSSR count). The van der Waals surface area contributed by atoms with Gasteiger partial charge in [-0.3, -0.25) is 0 Å². The first-order valence-electron chi connectivity index (χ1n) is 2.66. The normalized spacial score (nSPS) is 13.1.